The molecule has 0 aromatic heterocycles. The molecule has 1 amide bonds. The van der Waals surface area contributed by atoms with Crippen molar-refractivity contribution >= 4 is 29.8 Å². The van der Waals surface area contributed by atoms with Crippen LogP contribution in [0.1, 0.15) is 163 Å². The smallest absolute Gasteiger partial charge is 0.328 e. The molecule has 0 rings (SSSR count). The summed E-state index contributed by atoms with van der Waals surface area (Å²) in [7, 11) is 0. The number of rotatable bonds is 32. The van der Waals surface area contributed by atoms with Gasteiger partial charge in [-0.2, -0.15) is 0 Å². The molecule has 0 saturated heterocycles. The normalized spacial score (nSPS) is 12.8. The van der Waals surface area contributed by atoms with E-state index in [1.165, 1.54) is 6.42 Å². The third-order valence-corrected chi connectivity index (χ3v) is 8.42. The number of nitrogens with one attached hydrogen (secondary N) is 1. The molecule has 0 aromatic rings. The monoisotopic (exact) mass is 683 g/mol. The van der Waals surface area contributed by atoms with E-state index < -0.39 is 12.0 Å². The van der Waals surface area contributed by atoms with Crippen molar-refractivity contribution in [2.75, 3.05) is 26.4 Å². The van der Waals surface area contributed by atoms with Crippen LogP contribution in [0.5, 0.6) is 0 Å². The summed E-state index contributed by atoms with van der Waals surface area (Å²) in [5.74, 6) is -1.23. The van der Waals surface area contributed by atoms with E-state index in [0.29, 0.717) is 32.3 Å². The summed E-state index contributed by atoms with van der Waals surface area (Å²) in [5.41, 5.74) is 10.8. The van der Waals surface area contributed by atoms with E-state index in [0.717, 1.165) is 89.9 Å². The van der Waals surface area contributed by atoms with Crippen LogP contribution < -0.4 is 16.8 Å². The molecule has 0 aliphatic heterocycles. The molecule has 2 unspecified atom stereocenters. The second-order valence-electron chi connectivity index (χ2n) is 12.9. The van der Waals surface area contributed by atoms with E-state index in [1.54, 1.807) is 0 Å². The molecule has 0 bridgehead atoms. The first kappa shape index (κ1) is 45.2. The van der Waals surface area contributed by atoms with Gasteiger partial charge in [0.2, 0.25) is 5.91 Å². The molecule has 3 atom stereocenters. The van der Waals surface area contributed by atoms with Crippen LogP contribution in [0, 0.1) is 11.8 Å². The van der Waals surface area contributed by atoms with Crippen LogP contribution in [-0.2, 0) is 33.4 Å². The lowest BCUT2D eigenvalue weighted by Gasteiger charge is -2.18. The van der Waals surface area contributed by atoms with Gasteiger partial charge in [0.05, 0.1) is 31.7 Å². The third kappa shape index (κ3) is 25.2. The average molecular weight is 683 g/mol. The number of hydrogen-bond donors (Lipinski definition) is 3. The van der Waals surface area contributed by atoms with E-state index in [9.17, 15) is 19.2 Å². The topological polar surface area (TPSA) is 172 Å². The van der Waals surface area contributed by atoms with Gasteiger partial charge in [0.15, 0.2) is 5.96 Å². The lowest BCUT2D eigenvalue weighted by Crippen LogP contribution is -2.42. The van der Waals surface area contributed by atoms with Crippen molar-refractivity contribution < 1.29 is 33.4 Å². The Hall–Kier alpha value is -2.85. The maximum atomic E-state index is 12.8. The standard InChI is InChI=1S/C37H70N4O7/c1-5-9-12-15-23-31(21-11-7-3)35(44)47-28-18-19-29-48-36(45)32(25-26-40-37(38)39)41-33(42)24-16-13-17-27-46-34(43)30(20-8-4)22-14-10-6-2/h30-32H,5-29H2,1-4H3,(H,41,42)(H4,38,39,40)/t30?,31?,32-/m0/s1. The molecule has 0 saturated carbocycles. The Labute approximate surface area is 291 Å². The zero-order chi connectivity index (χ0) is 35.8. The summed E-state index contributed by atoms with van der Waals surface area (Å²) in [6, 6.07) is -0.880. The van der Waals surface area contributed by atoms with Crippen LogP contribution in [-0.4, -0.2) is 62.2 Å². The highest BCUT2D eigenvalue weighted by Crippen LogP contribution is 2.20. The fourth-order valence-corrected chi connectivity index (χ4v) is 5.48. The molecule has 5 N–H and O–H groups in total. The van der Waals surface area contributed by atoms with Crippen LogP contribution in [0.25, 0.3) is 0 Å². The minimum atomic E-state index is -0.880. The Kier molecular flexibility index (Phi) is 29.6. The molecule has 0 aliphatic carbocycles. The first-order valence-corrected chi connectivity index (χ1v) is 19.0. The van der Waals surface area contributed by atoms with Gasteiger partial charge >= 0.3 is 17.9 Å². The first-order chi connectivity index (χ1) is 23.2. The molecule has 11 nitrogen and oxygen atoms in total. The molecule has 0 spiro atoms. The van der Waals surface area contributed by atoms with Crippen molar-refractivity contribution in [1.82, 2.24) is 5.32 Å². The van der Waals surface area contributed by atoms with Gasteiger partial charge in [-0.25, -0.2) is 4.79 Å². The summed E-state index contributed by atoms with van der Waals surface area (Å²) >= 11 is 0. The Bertz CT molecular complexity index is 880. The van der Waals surface area contributed by atoms with Crippen molar-refractivity contribution in [3.63, 3.8) is 0 Å². The number of hydrogen-bond acceptors (Lipinski definition) is 8. The number of amides is 1. The molecule has 48 heavy (non-hydrogen) atoms. The number of carbonyl (C=O) groups is 4. The van der Waals surface area contributed by atoms with Crippen molar-refractivity contribution in [3.8, 4) is 0 Å². The number of nitrogens with two attached hydrogens (primary N) is 2. The summed E-state index contributed by atoms with van der Waals surface area (Å²) in [6.45, 7) is 9.48. The highest BCUT2D eigenvalue weighted by molar-refractivity contribution is 5.84. The molecule has 0 aliphatic rings. The van der Waals surface area contributed by atoms with Gasteiger partial charge in [-0.3, -0.25) is 19.4 Å². The van der Waals surface area contributed by atoms with E-state index in [-0.39, 0.29) is 68.2 Å². The molecule has 280 valence electrons. The van der Waals surface area contributed by atoms with Gasteiger partial charge in [0.1, 0.15) is 6.04 Å². The van der Waals surface area contributed by atoms with Crippen LogP contribution in [0.2, 0.25) is 0 Å². The minimum Gasteiger partial charge on any atom is -0.465 e. The maximum Gasteiger partial charge on any atom is 0.328 e. The largest absolute Gasteiger partial charge is 0.465 e. The van der Waals surface area contributed by atoms with Crippen molar-refractivity contribution in [1.29, 1.82) is 0 Å². The van der Waals surface area contributed by atoms with Crippen LogP contribution >= 0.6 is 0 Å². The summed E-state index contributed by atoms with van der Waals surface area (Å²) < 4.78 is 16.5. The summed E-state index contributed by atoms with van der Waals surface area (Å²) in [4.78, 5) is 54.5. The summed E-state index contributed by atoms with van der Waals surface area (Å²) in [5, 5.41) is 2.75. The third-order valence-electron chi connectivity index (χ3n) is 8.42. The first-order valence-electron chi connectivity index (χ1n) is 19.0. The van der Waals surface area contributed by atoms with Crippen molar-refractivity contribution in [2.45, 2.75) is 169 Å². The fourth-order valence-electron chi connectivity index (χ4n) is 5.48. The van der Waals surface area contributed by atoms with Gasteiger partial charge in [-0.1, -0.05) is 91.9 Å². The van der Waals surface area contributed by atoms with E-state index in [4.69, 9.17) is 25.7 Å². The lowest BCUT2D eigenvalue weighted by atomic mass is 9.95. The second kappa shape index (κ2) is 31.4. The number of unbranched alkanes of at least 4 members (excludes halogenated alkanes) is 9. The van der Waals surface area contributed by atoms with Gasteiger partial charge in [0, 0.05) is 13.0 Å². The number of guanidine groups is 1. The van der Waals surface area contributed by atoms with Crippen molar-refractivity contribution in [2.24, 2.45) is 28.3 Å². The highest BCUT2D eigenvalue weighted by Gasteiger charge is 2.23. The van der Waals surface area contributed by atoms with Crippen LogP contribution in [0.15, 0.2) is 4.99 Å². The van der Waals surface area contributed by atoms with E-state index >= 15 is 0 Å². The van der Waals surface area contributed by atoms with E-state index in [1.807, 2.05) is 0 Å². The number of carbonyl (C=O) groups excluding carboxylic acids is 4. The predicted octanol–water partition coefficient (Wildman–Crippen LogP) is 6.88. The average Bonchev–Trinajstić information content (AvgIpc) is 3.06. The Morgan fingerprint density at radius 3 is 1.58 bits per heavy atom. The van der Waals surface area contributed by atoms with Crippen molar-refractivity contribution in [3.05, 3.63) is 0 Å². The number of ether oxygens (including phenoxy) is 3. The molecule has 0 fully saturated rings. The zero-order valence-electron chi connectivity index (χ0n) is 30.9. The quantitative estimate of drug-likeness (QED) is 0.0225. The molecule has 11 heteroatoms. The number of aliphatic imine (C=N–C) groups is 1. The van der Waals surface area contributed by atoms with Crippen LogP contribution in [0.4, 0.5) is 0 Å². The highest BCUT2D eigenvalue weighted by atomic mass is 16.5. The Morgan fingerprint density at radius 2 is 1.02 bits per heavy atom. The molecule has 0 aromatic carbocycles. The molecule has 0 radical (unpaired) electrons. The maximum absolute atomic E-state index is 12.8. The number of esters is 3. The second-order valence-corrected chi connectivity index (χ2v) is 12.9. The lowest BCUT2D eigenvalue weighted by molar-refractivity contribution is -0.151. The zero-order valence-corrected chi connectivity index (χ0v) is 30.9. The van der Waals surface area contributed by atoms with E-state index in [2.05, 4.69) is 38.0 Å². The number of nitrogens with zero attached hydrogens (tertiary/aromatic N) is 1. The Morgan fingerprint density at radius 1 is 0.542 bits per heavy atom. The predicted molar refractivity (Wildman–Crippen MR) is 192 cm³/mol. The summed E-state index contributed by atoms with van der Waals surface area (Å²) in [6.07, 6.45) is 17.9. The van der Waals surface area contributed by atoms with Gasteiger partial charge in [-0.05, 0) is 64.2 Å². The SMILES string of the molecule is CCCCCCC(CCCC)C(=O)OCCCCOC(=O)[C@H](CCN=C(N)N)NC(=O)CCCCCOC(=O)C(CCC)CCCCC. The molecule has 0 heterocycles. The minimum absolute atomic E-state index is 0.0292. The fraction of sp³-hybridized carbons (Fsp3) is 0.865. The van der Waals surface area contributed by atoms with Gasteiger partial charge in [-0.15, -0.1) is 0 Å². The van der Waals surface area contributed by atoms with Gasteiger partial charge < -0.3 is 31.0 Å². The molecular formula is C37H70N4O7. The molecular weight excluding hydrogens is 612 g/mol. The van der Waals surface area contributed by atoms with Gasteiger partial charge in [0.25, 0.3) is 0 Å². The van der Waals surface area contributed by atoms with Crippen LogP contribution in [0.3, 0.4) is 0 Å². The Balaban J connectivity index is 4.53.